The van der Waals surface area contributed by atoms with Gasteiger partial charge in [0.1, 0.15) is 0 Å². The van der Waals surface area contributed by atoms with Crippen LogP contribution in [0.2, 0.25) is 0 Å². The van der Waals surface area contributed by atoms with Gasteiger partial charge in [0.25, 0.3) is 0 Å². The topological polar surface area (TPSA) is 30.9 Å². The third-order valence-corrected chi connectivity index (χ3v) is 6.40. The quantitative estimate of drug-likeness (QED) is 0.382. The molecule has 2 aromatic rings. The van der Waals surface area contributed by atoms with Gasteiger partial charge in [-0.25, -0.2) is 0 Å². The molecule has 4 nitrogen and oxygen atoms in total. The first kappa shape index (κ1) is 20.7. The maximum atomic E-state index is 4.42. The van der Waals surface area contributed by atoms with E-state index in [0.717, 1.165) is 38.6 Å². The van der Waals surface area contributed by atoms with E-state index in [4.69, 9.17) is 0 Å². The lowest BCUT2D eigenvalue weighted by atomic mass is 10.1. The molecule has 0 aromatic carbocycles. The summed E-state index contributed by atoms with van der Waals surface area (Å²) in [6.45, 7) is 5.25. The molecule has 0 unspecified atom stereocenters. The van der Waals surface area contributed by atoms with Crippen molar-refractivity contribution in [3.8, 4) is 0 Å². The van der Waals surface area contributed by atoms with Crippen LogP contribution in [0.25, 0.3) is 0 Å². The molecule has 1 N–H and O–H groups in total. The summed E-state index contributed by atoms with van der Waals surface area (Å²) in [7, 11) is 3.98. The number of rotatable bonds is 6. The number of thiophene rings is 2. The summed E-state index contributed by atoms with van der Waals surface area (Å²) in [5, 5.41) is 7.86. The summed E-state index contributed by atoms with van der Waals surface area (Å²) in [6.07, 6.45) is 2.27. The van der Waals surface area contributed by atoms with Gasteiger partial charge in [-0.05, 0) is 41.3 Å². The maximum absolute atomic E-state index is 4.42. The molecule has 0 spiro atoms. The van der Waals surface area contributed by atoms with Crippen molar-refractivity contribution in [1.29, 1.82) is 0 Å². The molecule has 0 bridgehead atoms. The van der Waals surface area contributed by atoms with E-state index in [0.29, 0.717) is 0 Å². The van der Waals surface area contributed by atoms with Crippen molar-refractivity contribution >= 4 is 52.6 Å². The SMILES string of the molecule is CN=C(NCCN1CCc2sccc2C1)N(C)CCc1cccs1.I. The Kier molecular flexibility index (Phi) is 8.68. The van der Waals surface area contributed by atoms with Crippen molar-refractivity contribution in [1.82, 2.24) is 15.1 Å². The molecule has 1 aliphatic heterocycles. The lowest BCUT2D eigenvalue weighted by molar-refractivity contribution is 0.259. The van der Waals surface area contributed by atoms with E-state index < -0.39 is 0 Å². The fraction of sp³-hybridized carbons (Fsp3) is 0.500. The molecular formula is C18H27IN4S2. The van der Waals surface area contributed by atoms with Gasteiger partial charge >= 0.3 is 0 Å². The normalized spacial score (nSPS) is 14.7. The number of likely N-dealkylation sites (N-methyl/N-ethyl adjacent to an activating group) is 1. The van der Waals surface area contributed by atoms with Crippen molar-refractivity contribution in [2.75, 3.05) is 40.3 Å². The Morgan fingerprint density at radius 3 is 2.96 bits per heavy atom. The standard InChI is InChI=1S/C18H26N4S2.HI/c1-19-18(21(2)9-5-16-4-3-12-23-16)20-8-11-22-10-6-17-15(14-22)7-13-24-17;/h3-4,7,12-13H,5-6,8-11,14H2,1-2H3,(H,19,20);1H. The molecule has 3 heterocycles. The van der Waals surface area contributed by atoms with Crippen LogP contribution in [0.15, 0.2) is 34.0 Å². The highest BCUT2D eigenvalue weighted by Gasteiger charge is 2.16. The Labute approximate surface area is 176 Å². The monoisotopic (exact) mass is 490 g/mol. The average molecular weight is 490 g/mol. The lowest BCUT2D eigenvalue weighted by Crippen LogP contribution is -2.43. The van der Waals surface area contributed by atoms with Gasteiger partial charge in [-0.1, -0.05) is 6.07 Å². The van der Waals surface area contributed by atoms with Crippen molar-refractivity contribution < 1.29 is 0 Å². The van der Waals surface area contributed by atoms with E-state index in [1.807, 2.05) is 29.7 Å². The molecule has 25 heavy (non-hydrogen) atoms. The van der Waals surface area contributed by atoms with Gasteiger partial charge in [0.05, 0.1) is 0 Å². The zero-order valence-corrected chi connectivity index (χ0v) is 18.9. The van der Waals surface area contributed by atoms with E-state index in [2.05, 4.69) is 56.1 Å². The zero-order valence-electron chi connectivity index (χ0n) is 14.9. The van der Waals surface area contributed by atoms with E-state index in [-0.39, 0.29) is 24.0 Å². The molecule has 0 atom stereocenters. The molecular weight excluding hydrogens is 463 g/mol. The number of guanidine groups is 1. The number of nitrogens with one attached hydrogen (secondary N) is 1. The third-order valence-electron chi connectivity index (χ3n) is 4.44. The second kappa shape index (κ2) is 10.5. The van der Waals surface area contributed by atoms with Gasteiger partial charge in [-0.15, -0.1) is 46.7 Å². The number of aliphatic imine (C=N–C) groups is 1. The molecule has 0 saturated heterocycles. The van der Waals surface area contributed by atoms with Crippen LogP contribution in [0.5, 0.6) is 0 Å². The summed E-state index contributed by atoms with van der Waals surface area (Å²) < 4.78 is 0. The van der Waals surface area contributed by atoms with Crippen LogP contribution in [0, 0.1) is 0 Å². The number of halogens is 1. The predicted molar refractivity (Wildman–Crippen MR) is 121 cm³/mol. The maximum Gasteiger partial charge on any atom is 0.193 e. The minimum absolute atomic E-state index is 0. The minimum Gasteiger partial charge on any atom is -0.355 e. The van der Waals surface area contributed by atoms with Gasteiger partial charge in [0.15, 0.2) is 5.96 Å². The fourth-order valence-corrected chi connectivity index (χ4v) is 4.63. The van der Waals surface area contributed by atoms with Gasteiger partial charge in [0, 0.05) is 56.6 Å². The summed E-state index contributed by atoms with van der Waals surface area (Å²) in [5.41, 5.74) is 1.52. The Bertz CT molecular complexity index is 654. The van der Waals surface area contributed by atoms with Crippen LogP contribution in [0.4, 0.5) is 0 Å². The van der Waals surface area contributed by atoms with E-state index in [9.17, 15) is 0 Å². The second-order valence-corrected chi connectivity index (χ2v) is 8.15. The molecule has 7 heteroatoms. The number of fused-ring (bicyclic) bond motifs is 1. The Morgan fingerprint density at radius 2 is 2.20 bits per heavy atom. The zero-order chi connectivity index (χ0) is 16.8. The van der Waals surface area contributed by atoms with E-state index in [1.165, 1.54) is 23.4 Å². The largest absolute Gasteiger partial charge is 0.355 e. The third kappa shape index (κ3) is 5.94. The van der Waals surface area contributed by atoms with Gasteiger partial charge in [-0.3, -0.25) is 9.89 Å². The predicted octanol–water partition coefficient (Wildman–Crippen LogP) is 3.54. The van der Waals surface area contributed by atoms with Crippen LogP contribution in [-0.4, -0.2) is 56.0 Å². The summed E-state index contributed by atoms with van der Waals surface area (Å²) in [5.74, 6) is 0.986. The first-order valence-electron chi connectivity index (χ1n) is 8.48. The van der Waals surface area contributed by atoms with Crippen molar-refractivity contribution in [2.45, 2.75) is 19.4 Å². The molecule has 0 saturated carbocycles. The number of nitrogens with zero attached hydrogens (tertiary/aromatic N) is 3. The van der Waals surface area contributed by atoms with Crippen LogP contribution >= 0.6 is 46.7 Å². The smallest absolute Gasteiger partial charge is 0.193 e. The molecule has 138 valence electrons. The van der Waals surface area contributed by atoms with Gasteiger partial charge < -0.3 is 10.2 Å². The average Bonchev–Trinajstić information content (AvgIpc) is 3.27. The van der Waals surface area contributed by atoms with Crippen LogP contribution in [-0.2, 0) is 19.4 Å². The lowest BCUT2D eigenvalue weighted by Gasteiger charge is -2.28. The fourth-order valence-electron chi connectivity index (χ4n) is 3.05. The van der Waals surface area contributed by atoms with Gasteiger partial charge in [-0.2, -0.15) is 0 Å². The summed E-state index contributed by atoms with van der Waals surface area (Å²) >= 11 is 3.72. The Balaban J connectivity index is 0.00000225. The second-order valence-electron chi connectivity index (χ2n) is 6.12. The van der Waals surface area contributed by atoms with Crippen LogP contribution in [0.1, 0.15) is 15.3 Å². The highest BCUT2D eigenvalue weighted by Crippen LogP contribution is 2.23. The molecule has 0 amide bonds. The first-order valence-corrected chi connectivity index (χ1v) is 10.2. The van der Waals surface area contributed by atoms with E-state index in [1.54, 1.807) is 4.88 Å². The Morgan fingerprint density at radius 1 is 1.32 bits per heavy atom. The summed E-state index contributed by atoms with van der Waals surface area (Å²) in [6, 6.07) is 6.59. The van der Waals surface area contributed by atoms with Gasteiger partial charge in [0.2, 0.25) is 0 Å². The number of hydrogen-bond donors (Lipinski definition) is 1. The van der Waals surface area contributed by atoms with Crippen molar-refractivity contribution in [3.05, 3.63) is 44.3 Å². The highest BCUT2D eigenvalue weighted by atomic mass is 127. The minimum atomic E-state index is 0. The summed E-state index contributed by atoms with van der Waals surface area (Å²) in [4.78, 5) is 12.2. The highest BCUT2D eigenvalue weighted by molar-refractivity contribution is 14.0. The van der Waals surface area contributed by atoms with Crippen LogP contribution in [0.3, 0.4) is 0 Å². The van der Waals surface area contributed by atoms with E-state index >= 15 is 0 Å². The van der Waals surface area contributed by atoms with Crippen molar-refractivity contribution in [3.63, 3.8) is 0 Å². The molecule has 2 aromatic heterocycles. The molecule has 0 radical (unpaired) electrons. The first-order chi connectivity index (χ1) is 11.8. The number of hydrogen-bond acceptors (Lipinski definition) is 4. The Hall–Kier alpha value is -0.640. The molecule has 0 fully saturated rings. The molecule has 3 rings (SSSR count). The van der Waals surface area contributed by atoms with Crippen molar-refractivity contribution in [2.24, 2.45) is 4.99 Å². The molecule has 1 aliphatic rings. The van der Waals surface area contributed by atoms with Crippen LogP contribution < -0.4 is 5.32 Å². The molecule has 0 aliphatic carbocycles.